The molecule has 7 nitrogen and oxygen atoms in total. The van der Waals surface area contributed by atoms with E-state index >= 15 is 0 Å². The van der Waals surface area contributed by atoms with Crippen molar-refractivity contribution in [3.8, 4) is 0 Å². The lowest BCUT2D eigenvalue weighted by atomic mass is 9.40. The van der Waals surface area contributed by atoms with Crippen LogP contribution in [0.2, 0.25) is 0 Å². The summed E-state index contributed by atoms with van der Waals surface area (Å²) in [5.41, 5.74) is -5.79. The third-order valence-electron chi connectivity index (χ3n) is 15.4. The summed E-state index contributed by atoms with van der Waals surface area (Å²) in [6, 6.07) is 0. The Balaban J connectivity index is 0.000000237. The zero-order valence-electron chi connectivity index (χ0n) is 33.2. The molecule has 3 N–H and O–H groups in total. The Morgan fingerprint density at radius 2 is 1.65 bits per heavy atom. The summed E-state index contributed by atoms with van der Waals surface area (Å²) in [7, 11) is 0. The molecular weight excluding hydrogens is 616 g/mol. The molecule has 1 heterocycles. The number of carbonyl (C=O) groups excluding carboxylic acids is 2. The summed E-state index contributed by atoms with van der Waals surface area (Å²) >= 11 is 0. The van der Waals surface area contributed by atoms with Gasteiger partial charge in [-0.2, -0.15) is 0 Å². The molecule has 0 amide bonds. The fourth-order valence-corrected chi connectivity index (χ4v) is 12.6. The van der Waals surface area contributed by atoms with Crippen LogP contribution in [-0.2, 0) is 19.1 Å². The normalized spacial score (nSPS) is 47.7. The largest absolute Gasteiger partial charge is 0.457 e. The predicted molar refractivity (Wildman–Crippen MR) is 195 cm³/mol. The van der Waals surface area contributed by atoms with Crippen molar-refractivity contribution < 1.29 is 34.4 Å². The maximum atomic E-state index is 13.6. The third-order valence-corrected chi connectivity index (χ3v) is 15.4. The highest BCUT2D eigenvalue weighted by Crippen LogP contribution is 2.67. The molecule has 1 saturated heterocycles. The van der Waals surface area contributed by atoms with Gasteiger partial charge in [0.2, 0.25) is 0 Å². The second-order valence-electron chi connectivity index (χ2n) is 19.5. The minimum Gasteiger partial charge on any atom is -0.457 e. The van der Waals surface area contributed by atoms with Gasteiger partial charge in [0.15, 0.2) is 17.5 Å². The molecule has 0 spiro atoms. The zero-order chi connectivity index (χ0) is 37.2. The first kappa shape index (κ1) is 40.5. The highest BCUT2D eigenvalue weighted by atomic mass is 16.6. The first-order valence-corrected chi connectivity index (χ1v) is 19.5. The van der Waals surface area contributed by atoms with Crippen molar-refractivity contribution in [2.24, 2.45) is 51.2 Å². The SMILES string of the molecule is C=C[C@@]1(C)CC(=O)[C@]2(O)[C@@]3(C)[C@@H](O)CCC(C)(C)[C@@H]3[C@H](O)[C@H](OC(C)=O)[C@@]2(C)O1.CCC(C)CCC1C(C)CCC2C(C)(C)CCCC12C. The van der Waals surface area contributed by atoms with Crippen molar-refractivity contribution in [2.75, 3.05) is 0 Å². The molecular formula is C42H72O7. The third kappa shape index (κ3) is 6.41. The van der Waals surface area contributed by atoms with Gasteiger partial charge in [-0.3, -0.25) is 9.59 Å². The van der Waals surface area contributed by atoms with Gasteiger partial charge in [0.1, 0.15) is 5.60 Å². The van der Waals surface area contributed by atoms with Gasteiger partial charge in [0, 0.05) is 24.7 Å². The first-order valence-electron chi connectivity index (χ1n) is 19.5. The van der Waals surface area contributed by atoms with Gasteiger partial charge in [0.25, 0.3) is 0 Å². The van der Waals surface area contributed by atoms with E-state index in [2.05, 4.69) is 48.1 Å². The summed E-state index contributed by atoms with van der Waals surface area (Å²) < 4.78 is 11.8. The number of ketones is 1. The smallest absolute Gasteiger partial charge is 0.303 e. The molecule has 7 heteroatoms. The molecule has 4 saturated carbocycles. The molecule has 0 bridgehead atoms. The van der Waals surface area contributed by atoms with Crippen molar-refractivity contribution in [2.45, 2.75) is 189 Å². The summed E-state index contributed by atoms with van der Waals surface area (Å²) in [5.74, 6) is 1.95. The molecule has 5 aliphatic rings. The molecule has 0 aromatic heterocycles. The van der Waals surface area contributed by atoms with Crippen LogP contribution >= 0.6 is 0 Å². The maximum absolute atomic E-state index is 13.6. The Kier molecular flexibility index (Phi) is 11.2. The zero-order valence-corrected chi connectivity index (χ0v) is 33.2. The van der Waals surface area contributed by atoms with E-state index in [1.54, 1.807) is 13.8 Å². The summed E-state index contributed by atoms with van der Waals surface area (Å²) in [4.78, 5) is 25.5. The van der Waals surface area contributed by atoms with Gasteiger partial charge >= 0.3 is 5.97 Å². The molecule has 5 fully saturated rings. The second-order valence-corrected chi connectivity index (χ2v) is 19.5. The van der Waals surface area contributed by atoms with Crippen molar-refractivity contribution in [3.63, 3.8) is 0 Å². The van der Waals surface area contributed by atoms with Gasteiger partial charge in [-0.25, -0.2) is 0 Å². The van der Waals surface area contributed by atoms with Crippen molar-refractivity contribution in [1.82, 2.24) is 0 Å². The number of ether oxygens (including phenoxy) is 2. The Labute approximate surface area is 298 Å². The van der Waals surface area contributed by atoms with E-state index in [9.17, 15) is 24.9 Å². The molecule has 282 valence electrons. The van der Waals surface area contributed by atoms with Crippen LogP contribution < -0.4 is 0 Å². The monoisotopic (exact) mass is 689 g/mol. The number of rotatable bonds is 6. The lowest BCUT2D eigenvalue weighted by Gasteiger charge is -2.71. The van der Waals surface area contributed by atoms with Crippen LogP contribution in [0.3, 0.4) is 0 Å². The van der Waals surface area contributed by atoms with Crippen LogP contribution in [0.5, 0.6) is 0 Å². The number of carbonyl (C=O) groups is 2. The molecule has 0 radical (unpaired) electrons. The number of esters is 1. The second kappa shape index (κ2) is 13.6. The van der Waals surface area contributed by atoms with Crippen LogP contribution in [0.15, 0.2) is 12.7 Å². The molecule has 0 aromatic rings. The number of aliphatic hydroxyl groups excluding tert-OH is 2. The topological polar surface area (TPSA) is 113 Å². The van der Waals surface area contributed by atoms with E-state index in [-0.39, 0.29) is 6.42 Å². The number of hydrogen-bond donors (Lipinski definition) is 3. The summed E-state index contributed by atoms with van der Waals surface area (Å²) in [6.45, 7) is 28.7. The molecule has 1 aliphatic heterocycles. The molecule has 13 atom stereocenters. The Morgan fingerprint density at radius 1 is 1.02 bits per heavy atom. The van der Waals surface area contributed by atoms with Crippen LogP contribution in [-0.4, -0.2) is 62.2 Å². The highest BCUT2D eigenvalue weighted by Gasteiger charge is 2.81. The van der Waals surface area contributed by atoms with Crippen molar-refractivity contribution >= 4 is 11.8 Å². The number of fused-ring (bicyclic) bond motifs is 4. The van der Waals surface area contributed by atoms with Gasteiger partial charge in [0.05, 0.1) is 17.8 Å². The maximum Gasteiger partial charge on any atom is 0.303 e. The van der Waals surface area contributed by atoms with E-state index in [4.69, 9.17) is 9.47 Å². The van der Waals surface area contributed by atoms with Gasteiger partial charge < -0.3 is 24.8 Å². The van der Waals surface area contributed by atoms with Crippen LogP contribution in [0.4, 0.5) is 0 Å². The summed E-state index contributed by atoms with van der Waals surface area (Å²) in [5, 5.41) is 34.7. The first-order chi connectivity index (χ1) is 22.4. The van der Waals surface area contributed by atoms with E-state index in [0.29, 0.717) is 23.7 Å². The van der Waals surface area contributed by atoms with Gasteiger partial charge in [-0.1, -0.05) is 94.1 Å². The molecule has 0 aromatic carbocycles. The number of Topliss-reactive ketones (excluding diaryl/α,β-unsaturated/α-hetero) is 1. The van der Waals surface area contributed by atoms with E-state index < -0.39 is 63.6 Å². The molecule has 5 rings (SSSR count). The lowest BCUT2D eigenvalue weighted by molar-refractivity contribution is -0.370. The summed E-state index contributed by atoms with van der Waals surface area (Å²) in [6.07, 6.45) is 10.4. The van der Waals surface area contributed by atoms with Crippen LogP contribution in [0, 0.1) is 51.2 Å². The van der Waals surface area contributed by atoms with E-state index in [0.717, 1.165) is 23.7 Å². The van der Waals surface area contributed by atoms with Crippen molar-refractivity contribution in [1.29, 1.82) is 0 Å². The minimum atomic E-state index is -2.18. The Bertz CT molecular complexity index is 1240. The van der Waals surface area contributed by atoms with Gasteiger partial charge in [-0.15, -0.1) is 6.58 Å². The number of aliphatic hydroxyl groups is 3. The molecule has 4 aliphatic carbocycles. The van der Waals surface area contributed by atoms with Crippen molar-refractivity contribution in [3.05, 3.63) is 12.7 Å². The van der Waals surface area contributed by atoms with Crippen LogP contribution in [0.1, 0.15) is 154 Å². The molecule has 5 unspecified atom stereocenters. The van der Waals surface area contributed by atoms with Gasteiger partial charge in [-0.05, 0) is 92.3 Å². The Morgan fingerprint density at radius 3 is 2.22 bits per heavy atom. The molecule has 49 heavy (non-hydrogen) atoms. The Hall–Kier alpha value is -1.28. The van der Waals surface area contributed by atoms with E-state index in [1.807, 2.05) is 13.8 Å². The minimum absolute atomic E-state index is 0.138. The fourth-order valence-electron chi connectivity index (χ4n) is 12.6. The lowest BCUT2D eigenvalue weighted by Crippen LogP contribution is -2.86. The highest BCUT2D eigenvalue weighted by molar-refractivity contribution is 5.92. The average molecular weight is 689 g/mol. The van der Waals surface area contributed by atoms with E-state index in [1.165, 1.54) is 71.3 Å². The van der Waals surface area contributed by atoms with Crippen LogP contribution in [0.25, 0.3) is 0 Å². The fraction of sp³-hybridized carbons (Fsp3) is 0.905. The quantitative estimate of drug-likeness (QED) is 0.190. The predicted octanol–water partition coefficient (Wildman–Crippen LogP) is 8.21. The number of hydrogen-bond acceptors (Lipinski definition) is 7. The standard InChI is InChI=1S/C22H34O7.C20H38/c1-8-19(5)11-14(25)22(27)20(6)13(24)9-10-18(3,4)16(20)15(26)17(28-12(2)23)21(22,7)29-19;1-7-15(2)9-11-17-16(3)10-12-18-19(4,5)13-8-14-20(17,18)6/h8,13,15-17,24,26-27H,1,9-11H2,2-7H3;15-18H,7-14H2,1-6H3/t13-,15-,16-,17-,19-,20-,21+,22-;/m0./s1. The average Bonchev–Trinajstić information content (AvgIpc) is 2.99.